The Balaban J connectivity index is 1.36. The summed E-state index contributed by atoms with van der Waals surface area (Å²) < 4.78 is 2.65. The van der Waals surface area contributed by atoms with Gasteiger partial charge in [-0.2, -0.15) is 0 Å². The molecular weight excluding hydrogens is 504 g/mol. The van der Waals surface area contributed by atoms with Crippen molar-refractivity contribution in [1.82, 2.24) is 9.97 Å². The van der Waals surface area contributed by atoms with Crippen LogP contribution in [-0.4, -0.2) is 9.97 Å². The van der Waals surface area contributed by atoms with Gasteiger partial charge in [0.2, 0.25) is 0 Å². The summed E-state index contributed by atoms with van der Waals surface area (Å²) in [4.78, 5) is 10.7. The van der Waals surface area contributed by atoms with Crippen molar-refractivity contribution in [3.05, 3.63) is 121 Å². The largest absolute Gasteiger partial charge is 0.248 e. The van der Waals surface area contributed by atoms with Crippen LogP contribution in [0.3, 0.4) is 0 Å². The fourth-order valence-electron chi connectivity index (χ4n) is 6.04. The van der Waals surface area contributed by atoms with E-state index in [2.05, 4.69) is 129 Å². The molecule has 0 spiro atoms. The molecule has 0 fully saturated rings. The number of benzene rings is 6. The minimum atomic E-state index is 0.231. The highest BCUT2D eigenvalue weighted by molar-refractivity contribution is 7.25. The summed E-state index contributed by atoms with van der Waals surface area (Å²) in [5.41, 5.74) is 7.45. The molecule has 0 aliphatic heterocycles. The number of hydrogen-bond donors (Lipinski definition) is 0. The molecule has 2 aromatic heterocycles. The second-order valence-corrected chi connectivity index (χ2v) is 11.9. The average Bonchev–Trinajstić information content (AvgIpc) is 3.38. The number of thiophene rings is 1. The third-order valence-corrected chi connectivity index (χ3v) is 9.12. The summed E-state index contributed by atoms with van der Waals surface area (Å²) in [6, 6.07) is 41.4. The van der Waals surface area contributed by atoms with Crippen molar-refractivity contribution < 1.29 is 0 Å². The van der Waals surface area contributed by atoms with Crippen LogP contribution >= 0.6 is 11.3 Å². The number of aromatic nitrogens is 2. The first kappa shape index (κ1) is 23.3. The predicted molar refractivity (Wildman–Crippen MR) is 172 cm³/mol. The molecule has 3 heteroatoms. The van der Waals surface area contributed by atoms with Crippen molar-refractivity contribution in [2.45, 2.75) is 19.8 Å². The number of fused-ring (bicyclic) bond motifs is 9. The lowest BCUT2D eigenvalue weighted by Crippen LogP contribution is -2.02. The monoisotopic (exact) mass is 530 g/mol. The summed E-state index contributed by atoms with van der Waals surface area (Å²) >= 11 is 1.86. The minimum absolute atomic E-state index is 0.231. The van der Waals surface area contributed by atoms with Gasteiger partial charge in [-0.1, -0.05) is 105 Å². The Bertz CT molecular complexity index is 2260. The molecule has 0 saturated carbocycles. The van der Waals surface area contributed by atoms with E-state index in [-0.39, 0.29) is 5.92 Å². The van der Waals surface area contributed by atoms with Gasteiger partial charge in [-0.05, 0) is 52.1 Å². The minimum Gasteiger partial charge on any atom is -0.248 e. The first-order chi connectivity index (χ1) is 19.7. The molecule has 0 N–H and O–H groups in total. The maximum atomic E-state index is 5.40. The third-order valence-electron chi connectivity index (χ3n) is 7.97. The lowest BCUT2D eigenvalue weighted by molar-refractivity contribution is 0.826. The van der Waals surface area contributed by atoms with Crippen LogP contribution in [0.15, 0.2) is 115 Å². The molecule has 8 rings (SSSR count). The van der Waals surface area contributed by atoms with Crippen LogP contribution in [-0.2, 0) is 0 Å². The number of hydrogen-bond acceptors (Lipinski definition) is 3. The summed E-state index contributed by atoms with van der Waals surface area (Å²) in [6.07, 6.45) is 0. The zero-order chi connectivity index (χ0) is 26.8. The van der Waals surface area contributed by atoms with Gasteiger partial charge in [0, 0.05) is 36.5 Å². The summed E-state index contributed by atoms with van der Waals surface area (Å²) in [6.45, 7) is 4.42. The van der Waals surface area contributed by atoms with E-state index >= 15 is 0 Å². The second kappa shape index (κ2) is 8.97. The molecule has 190 valence electrons. The van der Waals surface area contributed by atoms with E-state index in [1.54, 1.807) is 0 Å². The predicted octanol–water partition coefficient (Wildman–Crippen LogP) is 10.8. The molecule has 0 radical (unpaired) electrons. The van der Waals surface area contributed by atoms with E-state index in [1.807, 2.05) is 11.3 Å². The Kier molecular flexibility index (Phi) is 5.23. The normalized spacial score (nSPS) is 12.0. The van der Waals surface area contributed by atoms with Crippen molar-refractivity contribution >= 4 is 64.1 Å². The Morgan fingerprint density at radius 2 is 1.05 bits per heavy atom. The van der Waals surface area contributed by atoms with Gasteiger partial charge in [0.1, 0.15) is 0 Å². The number of rotatable bonds is 3. The summed E-state index contributed by atoms with van der Waals surface area (Å²) in [5.74, 6) is 0.231. The molecule has 0 aliphatic rings. The second-order valence-electron chi connectivity index (χ2n) is 10.8. The highest BCUT2D eigenvalue weighted by Crippen LogP contribution is 2.39. The summed E-state index contributed by atoms with van der Waals surface area (Å²) in [7, 11) is 0. The molecule has 0 bridgehead atoms. The van der Waals surface area contributed by atoms with Crippen LogP contribution in [0.5, 0.6) is 0 Å². The van der Waals surface area contributed by atoms with Crippen molar-refractivity contribution in [3.8, 4) is 22.4 Å². The van der Waals surface area contributed by atoms with Gasteiger partial charge in [0.15, 0.2) is 0 Å². The first-order valence-electron chi connectivity index (χ1n) is 13.8. The van der Waals surface area contributed by atoms with Crippen LogP contribution in [0, 0.1) is 0 Å². The van der Waals surface area contributed by atoms with Gasteiger partial charge in [-0.3, -0.25) is 0 Å². The quantitative estimate of drug-likeness (QED) is 0.212. The van der Waals surface area contributed by atoms with E-state index in [1.165, 1.54) is 42.1 Å². The smallest absolute Gasteiger partial charge is 0.0979 e. The Morgan fingerprint density at radius 1 is 0.475 bits per heavy atom. The van der Waals surface area contributed by atoms with Crippen molar-refractivity contribution in [3.63, 3.8) is 0 Å². The Morgan fingerprint density at radius 3 is 1.77 bits per heavy atom. The van der Waals surface area contributed by atoms with E-state index in [0.717, 1.165) is 38.8 Å². The van der Waals surface area contributed by atoms with Gasteiger partial charge >= 0.3 is 0 Å². The highest BCUT2D eigenvalue weighted by atomic mass is 32.1. The third kappa shape index (κ3) is 3.55. The van der Waals surface area contributed by atoms with Gasteiger partial charge in [0.05, 0.1) is 22.4 Å². The SMILES string of the molecule is CC(C)c1nc2c3ccccc3c3ccccc3c2nc1-c1cccc(-c2ccc3sc4ccccc4c3c2)c1. The topological polar surface area (TPSA) is 25.8 Å². The van der Waals surface area contributed by atoms with Crippen LogP contribution in [0.2, 0.25) is 0 Å². The van der Waals surface area contributed by atoms with E-state index in [9.17, 15) is 0 Å². The molecule has 6 aromatic carbocycles. The fourth-order valence-corrected chi connectivity index (χ4v) is 7.13. The van der Waals surface area contributed by atoms with E-state index < -0.39 is 0 Å². The number of nitrogens with zero attached hydrogens (tertiary/aromatic N) is 2. The maximum Gasteiger partial charge on any atom is 0.0979 e. The highest BCUT2D eigenvalue weighted by Gasteiger charge is 2.18. The molecule has 0 saturated heterocycles. The standard InChI is InChI=1S/C37H26N2S/c1-22(2)34-35(39-37-30-16-6-4-13-27(30)26-12-3-5-15-29(26)36(37)38-34)25-11-9-10-23(20-25)24-18-19-33-31(21-24)28-14-7-8-17-32(28)40-33/h3-22H,1-2H3. The molecular formula is C37H26N2S. The molecule has 40 heavy (non-hydrogen) atoms. The zero-order valence-corrected chi connectivity index (χ0v) is 23.2. The Hall–Kier alpha value is -4.60. The van der Waals surface area contributed by atoms with Gasteiger partial charge in [-0.25, -0.2) is 9.97 Å². The first-order valence-corrected chi connectivity index (χ1v) is 14.6. The van der Waals surface area contributed by atoms with Gasteiger partial charge in [0.25, 0.3) is 0 Å². The fraction of sp³-hybridized carbons (Fsp3) is 0.0811. The molecule has 0 amide bonds. The summed E-state index contributed by atoms with van der Waals surface area (Å²) in [5, 5.41) is 7.37. The van der Waals surface area contributed by atoms with Crippen molar-refractivity contribution in [1.29, 1.82) is 0 Å². The van der Waals surface area contributed by atoms with Crippen LogP contribution in [0.25, 0.3) is 75.1 Å². The molecule has 2 nitrogen and oxygen atoms in total. The lowest BCUT2D eigenvalue weighted by Gasteiger charge is -2.16. The van der Waals surface area contributed by atoms with Crippen molar-refractivity contribution in [2.24, 2.45) is 0 Å². The van der Waals surface area contributed by atoms with Crippen LogP contribution < -0.4 is 0 Å². The van der Waals surface area contributed by atoms with Crippen LogP contribution in [0.1, 0.15) is 25.5 Å². The maximum absolute atomic E-state index is 5.40. The molecule has 0 aliphatic carbocycles. The Labute approximate surface area is 236 Å². The lowest BCUT2D eigenvalue weighted by atomic mass is 9.95. The zero-order valence-electron chi connectivity index (χ0n) is 22.3. The molecule has 0 unspecified atom stereocenters. The average molecular weight is 531 g/mol. The van der Waals surface area contributed by atoms with Gasteiger partial charge in [-0.15, -0.1) is 11.3 Å². The van der Waals surface area contributed by atoms with Crippen LogP contribution in [0.4, 0.5) is 0 Å². The molecule has 0 atom stereocenters. The van der Waals surface area contributed by atoms with Gasteiger partial charge < -0.3 is 0 Å². The van der Waals surface area contributed by atoms with E-state index in [0.29, 0.717) is 0 Å². The molecule has 8 aromatic rings. The molecule has 2 heterocycles. The van der Waals surface area contributed by atoms with Crippen molar-refractivity contribution in [2.75, 3.05) is 0 Å². The van der Waals surface area contributed by atoms with E-state index in [4.69, 9.17) is 9.97 Å².